The third-order valence-electron chi connectivity index (χ3n) is 4.52. The molecule has 2 aliphatic rings. The van der Waals surface area contributed by atoms with E-state index in [0.29, 0.717) is 6.54 Å². The number of carbonyl (C=O) groups is 1. The molecule has 0 radical (unpaired) electrons. The zero-order valence-corrected chi connectivity index (χ0v) is 17.1. The van der Waals surface area contributed by atoms with E-state index in [1.54, 1.807) is 0 Å². The third-order valence-corrected chi connectivity index (χ3v) is 6.47. The molecular formula is C17H24INO3S. The quantitative estimate of drug-likeness (QED) is 0.546. The zero-order valence-electron chi connectivity index (χ0n) is 14.1. The minimum Gasteiger partial charge on any atom is -0.444 e. The van der Waals surface area contributed by atoms with Crippen LogP contribution in [0.25, 0.3) is 0 Å². The van der Waals surface area contributed by atoms with Crippen LogP contribution in [0, 0.1) is 2.88 Å². The number of hydrogen-bond acceptors (Lipinski definition) is 4. The van der Waals surface area contributed by atoms with Crippen LogP contribution in [0.15, 0.2) is 6.07 Å². The van der Waals surface area contributed by atoms with Gasteiger partial charge in [-0.1, -0.05) is 0 Å². The van der Waals surface area contributed by atoms with Crippen molar-refractivity contribution in [2.45, 2.75) is 64.2 Å². The third kappa shape index (κ3) is 3.54. The van der Waals surface area contributed by atoms with Crippen LogP contribution in [0.2, 0.25) is 0 Å². The molecule has 1 amide bonds. The molecule has 6 heteroatoms. The Morgan fingerprint density at radius 3 is 2.91 bits per heavy atom. The van der Waals surface area contributed by atoms with E-state index >= 15 is 0 Å². The molecule has 1 unspecified atom stereocenters. The van der Waals surface area contributed by atoms with Gasteiger partial charge in [0.25, 0.3) is 0 Å². The van der Waals surface area contributed by atoms with E-state index in [4.69, 9.17) is 9.47 Å². The van der Waals surface area contributed by atoms with Crippen molar-refractivity contribution in [3.8, 4) is 0 Å². The summed E-state index contributed by atoms with van der Waals surface area (Å²) in [4.78, 5) is 15.7. The van der Waals surface area contributed by atoms with Gasteiger partial charge in [0, 0.05) is 30.3 Å². The van der Waals surface area contributed by atoms with Crippen molar-refractivity contribution in [1.29, 1.82) is 0 Å². The molecule has 0 saturated carbocycles. The fourth-order valence-corrected chi connectivity index (χ4v) is 5.62. The van der Waals surface area contributed by atoms with E-state index in [1.807, 2.05) is 37.0 Å². The lowest BCUT2D eigenvalue weighted by Gasteiger charge is -2.47. The van der Waals surface area contributed by atoms with Crippen LogP contribution in [0.5, 0.6) is 0 Å². The van der Waals surface area contributed by atoms with E-state index < -0.39 is 5.60 Å². The summed E-state index contributed by atoms with van der Waals surface area (Å²) in [6, 6.07) is 2.39. The number of halogens is 1. The van der Waals surface area contributed by atoms with E-state index in [2.05, 4.69) is 35.6 Å². The standard InChI is InChI=1S/C17H24INO3S/c1-11-10-17(6-7-19(11)15(20)22-16(2,3)4)12-9-14(18)23-13(12)5-8-21-17/h9,11H,5-8,10H2,1-4H3/t11-,17?/m0/s1. The van der Waals surface area contributed by atoms with Gasteiger partial charge in [-0.25, -0.2) is 4.79 Å². The van der Waals surface area contributed by atoms with Gasteiger partial charge in [-0.05, 0) is 68.3 Å². The fourth-order valence-electron chi connectivity index (χ4n) is 3.56. The normalized spacial score (nSPS) is 27.9. The summed E-state index contributed by atoms with van der Waals surface area (Å²) in [5.41, 5.74) is 0.684. The molecule has 0 N–H and O–H groups in total. The number of rotatable bonds is 0. The van der Waals surface area contributed by atoms with Gasteiger partial charge in [0.2, 0.25) is 0 Å². The topological polar surface area (TPSA) is 38.8 Å². The van der Waals surface area contributed by atoms with Gasteiger partial charge in [-0.15, -0.1) is 11.3 Å². The van der Waals surface area contributed by atoms with Gasteiger partial charge in [-0.2, -0.15) is 0 Å². The summed E-state index contributed by atoms with van der Waals surface area (Å²) in [5, 5.41) is 0. The van der Waals surface area contributed by atoms with Gasteiger partial charge in [-0.3, -0.25) is 0 Å². The SMILES string of the molecule is C[C@H]1CC2(CCN1C(=O)OC(C)(C)C)OCCc1sc(I)cc12. The molecule has 128 valence electrons. The summed E-state index contributed by atoms with van der Waals surface area (Å²) in [6.45, 7) is 9.28. The van der Waals surface area contributed by atoms with Crippen LogP contribution < -0.4 is 0 Å². The molecule has 3 rings (SSSR count). The molecule has 23 heavy (non-hydrogen) atoms. The number of amides is 1. The Morgan fingerprint density at radius 1 is 1.52 bits per heavy atom. The number of nitrogens with zero attached hydrogens (tertiary/aromatic N) is 1. The molecule has 1 spiro atoms. The van der Waals surface area contributed by atoms with Crippen molar-refractivity contribution >= 4 is 40.0 Å². The molecule has 0 aliphatic carbocycles. The summed E-state index contributed by atoms with van der Waals surface area (Å²) in [6.07, 6.45) is 2.48. The van der Waals surface area contributed by atoms with Crippen molar-refractivity contribution in [2.75, 3.05) is 13.2 Å². The lowest BCUT2D eigenvalue weighted by atomic mass is 9.79. The van der Waals surface area contributed by atoms with Gasteiger partial charge in [0.15, 0.2) is 0 Å². The lowest BCUT2D eigenvalue weighted by molar-refractivity contribution is -0.110. The first kappa shape index (κ1) is 17.5. The summed E-state index contributed by atoms with van der Waals surface area (Å²) in [5.74, 6) is 0. The molecule has 1 aromatic rings. The van der Waals surface area contributed by atoms with Gasteiger partial charge in [0.1, 0.15) is 5.60 Å². The number of piperidine rings is 1. The average molecular weight is 449 g/mol. The highest BCUT2D eigenvalue weighted by atomic mass is 127. The highest BCUT2D eigenvalue weighted by Crippen LogP contribution is 2.46. The number of hydrogen-bond donors (Lipinski definition) is 0. The number of carbonyl (C=O) groups excluding carboxylic acids is 1. The molecule has 0 aromatic carbocycles. The average Bonchev–Trinajstić information content (AvgIpc) is 2.79. The highest BCUT2D eigenvalue weighted by Gasteiger charge is 2.46. The van der Waals surface area contributed by atoms with E-state index in [9.17, 15) is 4.79 Å². The maximum absolute atomic E-state index is 12.4. The van der Waals surface area contributed by atoms with E-state index in [1.165, 1.54) is 13.3 Å². The predicted octanol–water partition coefficient (Wildman–Crippen LogP) is 4.54. The van der Waals surface area contributed by atoms with E-state index in [-0.39, 0.29) is 17.7 Å². The number of fused-ring (bicyclic) bond motifs is 2. The van der Waals surface area contributed by atoms with Crippen molar-refractivity contribution in [2.24, 2.45) is 0 Å². The molecule has 4 nitrogen and oxygen atoms in total. The van der Waals surface area contributed by atoms with Crippen LogP contribution >= 0.6 is 33.9 Å². The minimum absolute atomic E-state index is 0.113. The maximum Gasteiger partial charge on any atom is 0.410 e. The van der Waals surface area contributed by atoms with Crippen LogP contribution in [0.4, 0.5) is 4.79 Å². The molecule has 1 fully saturated rings. The van der Waals surface area contributed by atoms with Crippen LogP contribution in [0.1, 0.15) is 51.0 Å². The van der Waals surface area contributed by atoms with Crippen molar-refractivity contribution in [3.63, 3.8) is 0 Å². The second kappa shape index (κ2) is 6.19. The number of ether oxygens (including phenoxy) is 2. The van der Waals surface area contributed by atoms with Gasteiger partial charge >= 0.3 is 6.09 Å². The predicted molar refractivity (Wildman–Crippen MR) is 100 cm³/mol. The van der Waals surface area contributed by atoms with Gasteiger partial charge < -0.3 is 14.4 Å². The molecule has 1 aromatic heterocycles. The monoisotopic (exact) mass is 449 g/mol. The first-order valence-electron chi connectivity index (χ1n) is 8.12. The molecule has 0 bridgehead atoms. The van der Waals surface area contributed by atoms with Crippen molar-refractivity contribution in [3.05, 3.63) is 19.4 Å². The van der Waals surface area contributed by atoms with Crippen LogP contribution in [-0.2, 0) is 21.5 Å². The van der Waals surface area contributed by atoms with Crippen molar-refractivity contribution < 1.29 is 14.3 Å². The number of thiophene rings is 1. The van der Waals surface area contributed by atoms with Crippen LogP contribution in [-0.4, -0.2) is 35.8 Å². The second-order valence-corrected chi connectivity index (χ2v) is 10.5. The van der Waals surface area contributed by atoms with E-state index in [0.717, 1.165) is 25.9 Å². The molecule has 3 heterocycles. The minimum atomic E-state index is -0.454. The van der Waals surface area contributed by atoms with Crippen LogP contribution in [0.3, 0.4) is 0 Å². The summed E-state index contributed by atoms with van der Waals surface area (Å²) in [7, 11) is 0. The Morgan fingerprint density at radius 2 is 2.26 bits per heavy atom. The lowest BCUT2D eigenvalue weighted by Crippen LogP contribution is -2.53. The summed E-state index contributed by atoms with van der Waals surface area (Å²) >= 11 is 4.27. The Hall–Kier alpha value is -0.340. The Balaban J connectivity index is 1.78. The fraction of sp³-hybridized carbons (Fsp3) is 0.706. The largest absolute Gasteiger partial charge is 0.444 e. The highest BCUT2D eigenvalue weighted by molar-refractivity contribution is 14.1. The Bertz CT molecular complexity index is 609. The zero-order chi connectivity index (χ0) is 16.8. The number of likely N-dealkylation sites (tertiary alicyclic amines) is 1. The maximum atomic E-state index is 12.4. The molecule has 2 atom stereocenters. The Kier molecular flexibility index (Phi) is 4.70. The first-order valence-corrected chi connectivity index (χ1v) is 10.0. The first-order chi connectivity index (χ1) is 10.7. The molecule has 1 saturated heterocycles. The molecule has 2 aliphatic heterocycles. The second-order valence-electron chi connectivity index (χ2n) is 7.46. The Labute approximate surface area is 155 Å². The van der Waals surface area contributed by atoms with Gasteiger partial charge in [0.05, 0.1) is 15.1 Å². The van der Waals surface area contributed by atoms with Crippen molar-refractivity contribution in [1.82, 2.24) is 4.90 Å². The summed E-state index contributed by atoms with van der Waals surface area (Å²) < 4.78 is 13.1. The smallest absolute Gasteiger partial charge is 0.410 e. The molecular weight excluding hydrogens is 425 g/mol.